The van der Waals surface area contributed by atoms with Crippen LogP contribution >= 0.6 is 31.9 Å². The normalized spacial score (nSPS) is 10.1. The Kier molecular flexibility index (Phi) is 6.15. The van der Waals surface area contributed by atoms with Crippen LogP contribution in [0.25, 0.3) is 0 Å². The average Bonchev–Trinajstić information content (AvgIpc) is 2.50. The molecule has 6 heteroatoms. The SMILES string of the molecule is O=C(CCC(=O)Nc1ccc(Br)cc1)Nc1ccc(Br)cc1. The van der Waals surface area contributed by atoms with Gasteiger partial charge in [-0.25, -0.2) is 0 Å². The molecule has 2 aromatic rings. The Morgan fingerprint density at radius 2 is 1.00 bits per heavy atom. The van der Waals surface area contributed by atoms with Crippen LogP contribution in [0.4, 0.5) is 11.4 Å². The molecular formula is C16H14Br2N2O2. The molecule has 2 N–H and O–H groups in total. The van der Waals surface area contributed by atoms with Gasteiger partial charge in [-0.15, -0.1) is 0 Å². The largest absolute Gasteiger partial charge is 0.326 e. The first kappa shape index (κ1) is 16.7. The van der Waals surface area contributed by atoms with Crippen molar-refractivity contribution in [2.75, 3.05) is 10.6 Å². The Labute approximate surface area is 145 Å². The summed E-state index contributed by atoms with van der Waals surface area (Å²) >= 11 is 6.66. The lowest BCUT2D eigenvalue weighted by atomic mass is 10.2. The van der Waals surface area contributed by atoms with Gasteiger partial charge in [-0.3, -0.25) is 9.59 Å². The highest BCUT2D eigenvalue weighted by Crippen LogP contribution is 2.15. The Balaban J connectivity index is 1.76. The molecule has 0 saturated heterocycles. The topological polar surface area (TPSA) is 58.2 Å². The summed E-state index contributed by atoms with van der Waals surface area (Å²) in [5.41, 5.74) is 1.42. The molecule has 0 radical (unpaired) electrons. The maximum atomic E-state index is 11.8. The highest BCUT2D eigenvalue weighted by atomic mass is 79.9. The fourth-order valence-electron chi connectivity index (χ4n) is 1.74. The monoisotopic (exact) mass is 424 g/mol. The number of halogens is 2. The standard InChI is InChI=1S/C16H14Br2N2O2/c17-11-1-5-13(6-2-11)19-15(21)9-10-16(22)20-14-7-3-12(18)4-8-14/h1-8H,9-10H2,(H,19,21)(H,20,22). The highest BCUT2D eigenvalue weighted by Gasteiger charge is 2.07. The second-order valence-electron chi connectivity index (χ2n) is 4.61. The van der Waals surface area contributed by atoms with Crippen molar-refractivity contribution >= 4 is 55.0 Å². The molecule has 0 atom stereocenters. The molecule has 22 heavy (non-hydrogen) atoms. The van der Waals surface area contributed by atoms with Gasteiger partial charge >= 0.3 is 0 Å². The summed E-state index contributed by atoms with van der Waals surface area (Å²) in [5, 5.41) is 5.50. The van der Waals surface area contributed by atoms with E-state index in [2.05, 4.69) is 42.5 Å². The Morgan fingerprint density at radius 1 is 0.682 bits per heavy atom. The fourth-order valence-corrected chi connectivity index (χ4v) is 2.27. The van der Waals surface area contributed by atoms with Crippen LogP contribution in [0.3, 0.4) is 0 Å². The van der Waals surface area contributed by atoms with E-state index in [1.165, 1.54) is 0 Å². The minimum atomic E-state index is -0.187. The van der Waals surface area contributed by atoms with Crippen LogP contribution in [-0.2, 0) is 9.59 Å². The van der Waals surface area contributed by atoms with Gasteiger partial charge in [0.25, 0.3) is 0 Å². The minimum Gasteiger partial charge on any atom is -0.326 e. The Bertz CT molecular complexity index is 595. The molecule has 2 aromatic carbocycles. The van der Waals surface area contributed by atoms with Crippen molar-refractivity contribution in [1.82, 2.24) is 0 Å². The molecule has 0 aliphatic rings. The molecule has 2 amide bonds. The van der Waals surface area contributed by atoms with Gasteiger partial charge < -0.3 is 10.6 Å². The molecule has 4 nitrogen and oxygen atoms in total. The summed E-state index contributed by atoms with van der Waals surface area (Å²) in [6, 6.07) is 14.6. The van der Waals surface area contributed by atoms with Gasteiger partial charge in [-0.05, 0) is 48.5 Å². The van der Waals surface area contributed by atoms with Crippen molar-refractivity contribution in [2.45, 2.75) is 12.8 Å². The molecule has 0 bridgehead atoms. The first-order valence-corrected chi connectivity index (χ1v) is 8.22. The number of carbonyl (C=O) groups excluding carboxylic acids is 2. The van der Waals surface area contributed by atoms with Crippen LogP contribution in [0.2, 0.25) is 0 Å². The quantitative estimate of drug-likeness (QED) is 0.737. The summed E-state index contributed by atoms with van der Waals surface area (Å²) in [5.74, 6) is -0.374. The van der Waals surface area contributed by atoms with E-state index < -0.39 is 0 Å². The van der Waals surface area contributed by atoms with Crippen LogP contribution in [0.1, 0.15) is 12.8 Å². The van der Waals surface area contributed by atoms with Crippen molar-refractivity contribution < 1.29 is 9.59 Å². The molecule has 0 aliphatic carbocycles. The summed E-state index contributed by atoms with van der Waals surface area (Å²) in [4.78, 5) is 23.6. The summed E-state index contributed by atoms with van der Waals surface area (Å²) in [7, 11) is 0. The second-order valence-corrected chi connectivity index (χ2v) is 6.44. The van der Waals surface area contributed by atoms with Gasteiger partial charge in [0.1, 0.15) is 0 Å². The van der Waals surface area contributed by atoms with Crippen LogP contribution in [-0.4, -0.2) is 11.8 Å². The molecule has 0 aliphatic heterocycles. The van der Waals surface area contributed by atoms with Gasteiger partial charge in [0.05, 0.1) is 0 Å². The lowest BCUT2D eigenvalue weighted by Gasteiger charge is -2.07. The highest BCUT2D eigenvalue weighted by molar-refractivity contribution is 9.10. The fraction of sp³-hybridized carbons (Fsp3) is 0.125. The molecule has 0 saturated carbocycles. The van der Waals surface area contributed by atoms with Crippen molar-refractivity contribution in [1.29, 1.82) is 0 Å². The number of rotatable bonds is 5. The number of amides is 2. The third-order valence-electron chi connectivity index (χ3n) is 2.84. The number of hydrogen-bond acceptors (Lipinski definition) is 2. The van der Waals surface area contributed by atoms with Crippen LogP contribution in [0.15, 0.2) is 57.5 Å². The van der Waals surface area contributed by atoms with E-state index in [1.54, 1.807) is 24.3 Å². The lowest BCUT2D eigenvalue weighted by Crippen LogP contribution is -2.17. The molecule has 114 valence electrons. The van der Waals surface area contributed by atoms with E-state index in [1.807, 2.05) is 24.3 Å². The molecule has 0 unspecified atom stereocenters. The van der Waals surface area contributed by atoms with E-state index in [0.29, 0.717) is 11.4 Å². The van der Waals surface area contributed by atoms with Gasteiger partial charge in [0, 0.05) is 33.2 Å². The zero-order valence-corrected chi connectivity index (χ0v) is 14.8. The van der Waals surface area contributed by atoms with E-state index in [-0.39, 0.29) is 24.7 Å². The summed E-state index contributed by atoms with van der Waals surface area (Å²) in [6.45, 7) is 0. The van der Waals surface area contributed by atoms with Crippen molar-refractivity contribution in [3.05, 3.63) is 57.5 Å². The number of carbonyl (C=O) groups is 2. The number of hydrogen-bond donors (Lipinski definition) is 2. The van der Waals surface area contributed by atoms with Crippen molar-refractivity contribution in [2.24, 2.45) is 0 Å². The molecule has 0 aromatic heterocycles. The molecule has 0 heterocycles. The molecule has 0 spiro atoms. The average molecular weight is 426 g/mol. The first-order valence-electron chi connectivity index (χ1n) is 6.64. The van der Waals surface area contributed by atoms with E-state index in [9.17, 15) is 9.59 Å². The van der Waals surface area contributed by atoms with Gasteiger partial charge in [0.2, 0.25) is 11.8 Å². The Morgan fingerprint density at radius 3 is 1.32 bits per heavy atom. The zero-order valence-electron chi connectivity index (χ0n) is 11.6. The predicted molar refractivity (Wildman–Crippen MR) is 94.8 cm³/mol. The maximum absolute atomic E-state index is 11.8. The molecule has 0 fully saturated rings. The predicted octanol–water partition coefficient (Wildman–Crippen LogP) is 4.57. The van der Waals surface area contributed by atoms with Crippen molar-refractivity contribution in [3.63, 3.8) is 0 Å². The summed E-state index contributed by atoms with van der Waals surface area (Å²) < 4.78 is 1.89. The van der Waals surface area contributed by atoms with Gasteiger partial charge in [-0.2, -0.15) is 0 Å². The summed E-state index contributed by atoms with van der Waals surface area (Å²) in [6.07, 6.45) is 0.275. The van der Waals surface area contributed by atoms with Gasteiger partial charge in [-0.1, -0.05) is 31.9 Å². The first-order chi connectivity index (χ1) is 10.5. The van der Waals surface area contributed by atoms with Gasteiger partial charge in [0.15, 0.2) is 0 Å². The number of benzene rings is 2. The number of nitrogens with one attached hydrogen (secondary N) is 2. The van der Waals surface area contributed by atoms with E-state index in [4.69, 9.17) is 0 Å². The van der Waals surface area contributed by atoms with Crippen molar-refractivity contribution in [3.8, 4) is 0 Å². The molecule has 2 rings (SSSR count). The van der Waals surface area contributed by atoms with Crippen LogP contribution < -0.4 is 10.6 Å². The minimum absolute atomic E-state index is 0.137. The smallest absolute Gasteiger partial charge is 0.224 e. The third kappa shape index (κ3) is 5.61. The maximum Gasteiger partial charge on any atom is 0.224 e. The molecular weight excluding hydrogens is 412 g/mol. The zero-order chi connectivity index (χ0) is 15.9. The number of anilines is 2. The van der Waals surface area contributed by atoms with Crippen LogP contribution in [0.5, 0.6) is 0 Å². The van der Waals surface area contributed by atoms with Crippen LogP contribution in [0, 0.1) is 0 Å². The van der Waals surface area contributed by atoms with E-state index >= 15 is 0 Å². The second kappa shape index (κ2) is 8.10. The Hall–Kier alpha value is -1.66. The third-order valence-corrected chi connectivity index (χ3v) is 3.89. The van der Waals surface area contributed by atoms with E-state index in [0.717, 1.165) is 8.95 Å². The lowest BCUT2D eigenvalue weighted by molar-refractivity contribution is -0.121.